The van der Waals surface area contributed by atoms with Gasteiger partial charge in [0.2, 0.25) is 0 Å². The van der Waals surface area contributed by atoms with Crippen LogP contribution in [0.2, 0.25) is 0 Å². The molecule has 1 aliphatic rings. The van der Waals surface area contributed by atoms with Crippen LogP contribution in [-0.4, -0.2) is 12.6 Å². The lowest BCUT2D eigenvalue weighted by atomic mass is 10.1. The highest BCUT2D eigenvalue weighted by Crippen LogP contribution is 2.36. The quantitative estimate of drug-likeness (QED) is 0.751. The standard InChI is InChI=1S/C18H29NO/c1-5-6-16-11-18(16)19-14(4)15-7-9-17(10-8-15)20-12-13(2)3/h7-10,13-14,16,18-19H,5-6,11-12H2,1-4H3. The summed E-state index contributed by atoms with van der Waals surface area (Å²) in [6.45, 7) is 9.65. The summed E-state index contributed by atoms with van der Waals surface area (Å²) >= 11 is 0. The van der Waals surface area contributed by atoms with E-state index >= 15 is 0 Å². The fourth-order valence-electron chi connectivity index (χ4n) is 2.67. The molecule has 1 saturated carbocycles. The molecule has 112 valence electrons. The van der Waals surface area contributed by atoms with Crippen LogP contribution in [0.15, 0.2) is 24.3 Å². The van der Waals surface area contributed by atoms with E-state index in [4.69, 9.17) is 4.74 Å². The lowest BCUT2D eigenvalue weighted by Crippen LogP contribution is -2.22. The molecule has 0 aliphatic heterocycles. The molecule has 3 unspecified atom stereocenters. The van der Waals surface area contributed by atoms with E-state index < -0.39 is 0 Å². The Balaban J connectivity index is 1.80. The normalized spacial score (nSPS) is 22.9. The van der Waals surface area contributed by atoms with E-state index in [9.17, 15) is 0 Å². The molecule has 2 heteroatoms. The third-order valence-corrected chi connectivity index (χ3v) is 4.01. The Kier molecular flexibility index (Phi) is 5.47. The molecule has 0 spiro atoms. The summed E-state index contributed by atoms with van der Waals surface area (Å²) in [6.07, 6.45) is 4.03. The SMILES string of the molecule is CCCC1CC1NC(C)c1ccc(OCC(C)C)cc1. The zero-order valence-electron chi connectivity index (χ0n) is 13.4. The van der Waals surface area contributed by atoms with Crippen molar-refractivity contribution < 1.29 is 4.74 Å². The Bertz CT molecular complexity index is 398. The Hall–Kier alpha value is -1.02. The van der Waals surface area contributed by atoms with Crippen LogP contribution in [0.3, 0.4) is 0 Å². The summed E-state index contributed by atoms with van der Waals surface area (Å²) in [5.41, 5.74) is 1.35. The molecular weight excluding hydrogens is 246 g/mol. The number of benzene rings is 1. The molecular formula is C18H29NO. The van der Waals surface area contributed by atoms with Crippen molar-refractivity contribution in [2.75, 3.05) is 6.61 Å². The van der Waals surface area contributed by atoms with Gasteiger partial charge < -0.3 is 10.1 Å². The van der Waals surface area contributed by atoms with Gasteiger partial charge in [-0.1, -0.05) is 39.3 Å². The predicted octanol–water partition coefficient (Wildman–Crippen LogP) is 4.56. The molecule has 2 nitrogen and oxygen atoms in total. The van der Waals surface area contributed by atoms with Crippen molar-refractivity contribution in [2.24, 2.45) is 11.8 Å². The molecule has 0 aromatic heterocycles. The van der Waals surface area contributed by atoms with Crippen molar-refractivity contribution in [3.05, 3.63) is 29.8 Å². The predicted molar refractivity (Wildman–Crippen MR) is 85.1 cm³/mol. The highest BCUT2D eigenvalue weighted by atomic mass is 16.5. The average molecular weight is 275 g/mol. The van der Waals surface area contributed by atoms with Crippen molar-refractivity contribution in [1.82, 2.24) is 5.32 Å². The van der Waals surface area contributed by atoms with Gasteiger partial charge in [-0.15, -0.1) is 0 Å². The Labute approximate surface area is 123 Å². The van der Waals surface area contributed by atoms with Crippen LogP contribution in [0.4, 0.5) is 0 Å². The third-order valence-electron chi connectivity index (χ3n) is 4.01. The largest absolute Gasteiger partial charge is 0.493 e. The van der Waals surface area contributed by atoms with Gasteiger partial charge in [0.25, 0.3) is 0 Å². The summed E-state index contributed by atoms with van der Waals surface area (Å²) in [4.78, 5) is 0. The average Bonchev–Trinajstić information content (AvgIpc) is 3.15. The van der Waals surface area contributed by atoms with Gasteiger partial charge in [-0.05, 0) is 49.3 Å². The number of hydrogen-bond acceptors (Lipinski definition) is 2. The van der Waals surface area contributed by atoms with Crippen molar-refractivity contribution in [3.8, 4) is 5.75 Å². The molecule has 1 aliphatic carbocycles. The van der Waals surface area contributed by atoms with Crippen LogP contribution in [0, 0.1) is 11.8 Å². The molecule has 0 radical (unpaired) electrons. The molecule has 0 saturated heterocycles. The topological polar surface area (TPSA) is 21.3 Å². The molecule has 1 N–H and O–H groups in total. The lowest BCUT2D eigenvalue weighted by molar-refractivity contribution is 0.271. The molecule has 0 bridgehead atoms. The van der Waals surface area contributed by atoms with E-state index in [1.165, 1.54) is 24.8 Å². The van der Waals surface area contributed by atoms with Crippen LogP contribution in [-0.2, 0) is 0 Å². The molecule has 1 aromatic rings. The van der Waals surface area contributed by atoms with E-state index in [0.717, 1.165) is 24.3 Å². The van der Waals surface area contributed by atoms with E-state index in [2.05, 4.69) is 57.3 Å². The fourth-order valence-corrected chi connectivity index (χ4v) is 2.67. The fraction of sp³-hybridized carbons (Fsp3) is 0.667. The van der Waals surface area contributed by atoms with Crippen LogP contribution in [0.1, 0.15) is 58.6 Å². The molecule has 1 fully saturated rings. The van der Waals surface area contributed by atoms with Crippen LogP contribution < -0.4 is 10.1 Å². The highest BCUT2D eigenvalue weighted by Gasteiger charge is 2.36. The van der Waals surface area contributed by atoms with Crippen molar-refractivity contribution in [2.45, 2.75) is 59.0 Å². The second-order valence-corrected chi connectivity index (χ2v) is 6.55. The number of rotatable bonds is 8. The van der Waals surface area contributed by atoms with Gasteiger partial charge in [0.05, 0.1) is 6.61 Å². The Morgan fingerprint density at radius 1 is 1.20 bits per heavy atom. The minimum absolute atomic E-state index is 0.431. The Morgan fingerprint density at radius 2 is 1.90 bits per heavy atom. The summed E-state index contributed by atoms with van der Waals surface area (Å²) in [5.74, 6) is 2.46. The molecule has 2 rings (SSSR count). The van der Waals surface area contributed by atoms with Gasteiger partial charge in [0.1, 0.15) is 5.75 Å². The van der Waals surface area contributed by atoms with E-state index in [1.54, 1.807) is 0 Å². The first-order valence-electron chi connectivity index (χ1n) is 8.09. The van der Waals surface area contributed by atoms with E-state index in [1.807, 2.05) is 0 Å². The number of ether oxygens (including phenoxy) is 1. The van der Waals surface area contributed by atoms with E-state index in [-0.39, 0.29) is 0 Å². The maximum absolute atomic E-state index is 5.72. The van der Waals surface area contributed by atoms with Crippen LogP contribution in [0.5, 0.6) is 5.75 Å². The molecule has 20 heavy (non-hydrogen) atoms. The minimum atomic E-state index is 0.431. The van der Waals surface area contributed by atoms with Gasteiger partial charge in [-0.25, -0.2) is 0 Å². The first kappa shape index (κ1) is 15.4. The zero-order valence-corrected chi connectivity index (χ0v) is 13.4. The summed E-state index contributed by atoms with van der Waals surface area (Å²) in [7, 11) is 0. The van der Waals surface area contributed by atoms with Crippen molar-refractivity contribution in [1.29, 1.82) is 0 Å². The monoisotopic (exact) mass is 275 g/mol. The minimum Gasteiger partial charge on any atom is -0.493 e. The molecule has 0 amide bonds. The maximum Gasteiger partial charge on any atom is 0.119 e. The second-order valence-electron chi connectivity index (χ2n) is 6.55. The van der Waals surface area contributed by atoms with Gasteiger partial charge >= 0.3 is 0 Å². The number of nitrogens with one attached hydrogen (secondary N) is 1. The first-order chi connectivity index (χ1) is 9.60. The summed E-state index contributed by atoms with van der Waals surface area (Å²) in [6, 6.07) is 9.72. The van der Waals surface area contributed by atoms with Crippen LogP contribution in [0.25, 0.3) is 0 Å². The summed E-state index contributed by atoms with van der Waals surface area (Å²) in [5, 5.41) is 3.73. The van der Waals surface area contributed by atoms with Gasteiger partial charge in [-0.3, -0.25) is 0 Å². The summed E-state index contributed by atoms with van der Waals surface area (Å²) < 4.78 is 5.72. The number of hydrogen-bond donors (Lipinski definition) is 1. The van der Waals surface area contributed by atoms with E-state index in [0.29, 0.717) is 12.0 Å². The lowest BCUT2D eigenvalue weighted by Gasteiger charge is -2.15. The van der Waals surface area contributed by atoms with Crippen molar-refractivity contribution >= 4 is 0 Å². The molecule has 0 heterocycles. The third kappa shape index (κ3) is 4.52. The highest BCUT2D eigenvalue weighted by molar-refractivity contribution is 5.29. The van der Waals surface area contributed by atoms with Gasteiger partial charge in [0, 0.05) is 12.1 Å². The molecule has 3 atom stereocenters. The maximum atomic E-state index is 5.72. The first-order valence-corrected chi connectivity index (χ1v) is 8.09. The van der Waals surface area contributed by atoms with Gasteiger partial charge in [0.15, 0.2) is 0 Å². The van der Waals surface area contributed by atoms with Crippen molar-refractivity contribution in [3.63, 3.8) is 0 Å². The molecule has 1 aromatic carbocycles. The second kappa shape index (κ2) is 7.12. The van der Waals surface area contributed by atoms with Gasteiger partial charge in [-0.2, -0.15) is 0 Å². The van der Waals surface area contributed by atoms with Crippen LogP contribution >= 0.6 is 0 Å². The zero-order chi connectivity index (χ0) is 14.5. The Morgan fingerprint density at radius 3 is 2.50 bits per heavy atom. The smallest absolute Gasteiger partial charge is 0.119 e.